The van der Waals surface area contributed by atoms with Gasteiger partial charge in [-0.3, -0.25) is 4.40 Å². The lowest BCUT2D eigenvalue weighted by Crippen LogP contribution is -2.39. The largest absolute Gasteiger partial charge is 0.332 e. The lowest BCUT2D eigenvalue weighted by Gasteiger charge is -2.21. The molecule has 2 unspecified atom stereocenters. The standard InChI is InChI=1S/C21H25N5O/c1-14(17-11-10-16-7-3-4-8-18(16)13-17)22-21(27)23-15(2)20-25-24-19-9-5-6-12-26(19)20/h5-6,9-15H,3-4,7-8H2,1-2H3,(H2,22,23,27). The van der Waals surface area contributed by atoms with E-state index in [1.807, 2.05) is 42.6 Å². The number of carbonyl (C=O) groups is 1. The zero-order valence-electron chi connectivity index (χ0n) is 15.8. The van der Waals surface area contributed by atoms with E-state index in [9.17, 15) is 4.79 Å². The predicted octanol–water partition coefficient (Wildman–Crippen LogP) is 3.73. The molecule has 0 saturated carbocycles. The van der Waals surface area contributed by atoms with Crippen molar-refractivity contribution in [2.75, 3.05) is 0 Å². The van der Waals surface area contributed by atoms with E-state index < -0.39 is 0 Å². The highest BCUT2D eigenvalue weighted by molar-refractivity contribution is 5.74. The summed E-state index contributed by atoms with van der Waals surface area (Å²) in [6.45, 7) is 3.92. The van der Waals surface area contributed by atoms with E-state index in [0.29, 0.717) is 5.82 Å². The fourth-order valence-corrected chi connectivity index (χ4v) is 3.76. The molecule has 1 aliphatic rings. The van der Waals surface area contributed by atoms with Crippen LogP contribution in [0.1, 0.15) is 61.3 Å². The van der Waals surface area contributed by atoms with Gasteiger partial charge in [0.2, 0.25) is 0 Å². The highest BCUT2D eigenvalue weighted by Gasteiger charge is 2.18. The molecule has 0 aliphatic heterocycles. The van der Waals surface area contributed by atoms with Crippen LogP contribution in [-0.2, 0) is 12.8 Å². The van der Waals surface area contributed by atoms with Crippen LogP contribution >= 0.6 is 0 Å². The van der Waals surface area contributed by atoms with Crippen LogP contribution in [0.3, 0.4) is 0 Å². The second kappa shape index (κ2) is 7.39. The van der Waals surface area contributed by atoms with E-state index in [1.54, 1.807) is 0 Å². The van der Waals surface area contributed by atoms with Gasteiger partial charge >= 0.3 is 6.03 Å². The Labute approximate surface area is 159 Å². The molecule has 3 aromatic rings. The van der Waals surface area contributed by atoms with E-state index in [2.05, 4.69) is 39.0 Å². The SMILES string of the molecule is CC(NC(=O)NC(C)c1nnc2ccccn12)c1ccc2c(c1)CCCC2. The number of carbonyl (C=O) groups excluding carboxylic acids is 1. The third-order valence-corrected chi connectivity index (χ3v) is 5.30. The van der Waals surface area contributed by atoms with Gasteiger partial charge in [-0.15, -0.1) is 10.2 Å². The van der Waals surface area contributed by atoms with Gasteiger partial charge in [0.1, 0.15) is 0 Å². The van der Waals surface area contributed by atoms with Gasteiger partial charge in [-0.25, -0.2) is 4.79 Å². The topological polar surface area (TPSA) is 71.3 Å². The number of aromatic nitrogens is 3. The summed E-state index contributed by atoms with van der Waals surface area (Å²) < 4.78 is 1.89. The number of nitrogens with one attached hydrogen (secondary N) is 2. The Hall–Kier alpha value is -2.89. The zero-order chi connectivity index (χ0) is 18.8. The quantitative estimate of drug-likeness (QED) is 0.742. The molecule has 1 aromatic carbocycles. The van der Waals surface area contributed by atoms with Crippen molar-refractivity contribution in [3.8, 4) is 0 Å². The average Bonchev–Trinajstić information content (AvgIpc) is 3.11. The van der Waals surface area contributed by atoms with Crippen LogP contribution in [0.4, 0.5) is 4.79 Å². The van der Waals surface area contributed by atoms with Gasteiger partial charge in [0, 0.05) is 6.20 Å². The monoisotopic (exact) mass is 363 g/mol. The summed E-state index contributed by atoms with van der Waals surface area (Å²) in [5.74, 6) is 0.710. The summed E-state index contributed by atoms with van der Waals surface area (Å²) in [4.78, 5) is 12.5. The molecule has 140 valence electrons. The van der Waals surface area contributed by atoms with Gasteiger partial charge in [-0.05, 0) is 68.4 Å². The summed E-state index contributed by atoms with van der Waals surface area (Å²) in [6, 6.07) is 11.8. The van der Waals surface area contributed by atoms with Crippen LogP contribution in [0, 0.1) is 0 Å². The molecule has 2 heterocycles. The minimum atomic E-state index is -0.252. The maximum atomic E-state index is 12.5. The van der Waals surface area contributed by atoms with Crippen LogP contribution in [0.25, 0.3) is 5.65 Å². The first-order chi connectivity index (χ1) is 13.1. The number of fused-ring (bicyclic) bond motifs is 2. The Kier molecular flexibility index (Phi) is 4.79. The molecule has 27 heavy (non-hydrogen) atoms. The van der Waals surface area contributed by atoms with Gasteiger partial charge in [0.25, 0.3) is 0 Å². The molecule has 0 fully saturated rings. The Morgan fingerprint density at radius 1 is 1.00 bits per heavy atom. The van der Waals surface area contributed by atoms with E-state index in [4.69, 9.17) is 0 Å². The molecule has 2 N–H and O–H groups in total. The fraction of sp³-hybridized carbons (Fsp3) is 0.381. The minimum Gasteiger partial charge on any atom is -0.332 e. The lowest BCUT2D eigenvalue weighted by molar-refractivity contribution is 0.234. The number of hydrogen-bond donors (Lipinski definition) is 2. The van der Waals surface area contributed by atoms with E-state index in [-0.39, 0.29) is 18.1 Å². The minimum absolute atomic E-state index is 0.0560. The van der Waals surface area contributed by atoms with E-state index in [1.165, 1.54) is 30.4 Å². The number of pyridine rings is 1. The molecule has 2 aromatic heterocycles. The molecule has 4 rings (SSSR count). The van der Waals surface area contributed by atoms with Crippen molar-refractivity contribution in [2.24, 2.45) is 0 Å². The van der Waals surface area contributed by atoms with Crippen molar-refractivity contribution < 1.29 is 4.79 Å². The van der Waals surface area contributed by atoms with Crippen LogP contribution in [0.15, 0.2) is 42.6 Å². The summed E-state index contributed by atoms with van der Waals surface area (Å²) in [5, 5.41) is 14.3. The number of aryl methyl sites for hydroxylation is 2. The maximum Gasteiger partial charge on any atom is 0.315 e. The van der Waals surface area contributed by atoms with Gasteiger partial charge < -0.3 is 10.6 Å². The van der Waals surface area contributed by atoms with E-state index >= 15 is 0 Å². The Bertz CT molecular complexity index is 964. The van der Waals surface area contributed by atoms with E-state index in [0.717, 1.165) is 17.6 Å². The van der Waals surface area contributed by atoms with Crippen LogP contribution in [0.5, 0.6) is 0 Å². The molecule has 0 bridgehead atoms. The second-order valence-corrected chi connectivity index (χ2v) is 7.28. The van der Waals surface area contributed by atoms with Gasteiger partial charge in [0.05, 0.1) is 12.1 Å². The van der Waals surface area contributed by atoms with Crippen molar-refractivity contribution in [3.63, 3.8) is 0 Å². The highest BCUT2D eigenvalue weighted by Crippen LogP contribution is 2.24. The summed E-state index contributed by atoms with van der Waals surface area (Å²) in [6.07, 6.45) is 6.73. The predicted molar refractivity (Wildman–Crippen MR) is 105 cm³/mol. The van der Waals surface area contributed by atoms with Crippen molar-refractivity contribution in [2.45, 2.75) is 51.6 Å². The van der Waals surface area contributed by atoms with Crippen LogP contribution in [0.2, 0.25) is 0 Å². The first-order valence-electron chi connectivity index (χ1n) is 9.60. The molecule has 0 radical (unpaired) electrons. The van der Waals surface area contributed by atoms with Crippen LogP contribution in [-0.4, -0.2) is 20.6 Å². The zero-order valence-corrected chi connectivity index (χ0v) is 15.8. The first kappa shape index (κ1) is 17.5. The van der Waals surface area contributed by atoms with Crippen molar-refractivity contribution >= 4 is 11.7 Å². The lowest BCUT2D eigenvalue weighted by atomic mass is 9.89. The Morgan fingerprint density at radius 2 is 1.78 bits per heavy atom. The molecule has 6 heteroatoms. The average molecular weight is 363 g/mol. The first-order valence-corrected chi connectivity index (χ1v) is 9.60. The third kappa shape index (κ3) is 3.65. The number of benzene rings is 1. The molecule has 0 saturated heterocycles. The molecule has 2 atom stereocenters. The molecule has 6 nitrogen and oxygen atoms in total. The second-order valence-electron chi connectivity index (χ2n) is 7.28. The molecule has 2 amide bonds. The van der Waals surface area contributed by atoms with Crippen LogP contribution < -0.4 is 10.6 Å². The molecule has 0 spiro atoms. The van der Waals surface area contributed by atoms with Crippen molar-refractivity contribution in [1.29, 1.82) is 0 Å². The molecular formula is C21H25N5O. The summed E-state index contributed by atoms with van der Waals surface area (Å²) >= 11 is 0. The number of amides is 2. The summed E-state index contributed by atoms with van der Waals surface area (Å²) in [5.41, 5.74) is 4.79. The molecule has 1 aliphatic carbocycles. The Balaban J connectivity index is 1.41. The number of nitrogens with zero attached hydrogens (tertiary/aromatic N) is 3. The fourth-order valence-electron chi connectivity index (χ4n) is 3.76. The van der Waals surface area contributed by atoms with Crippen molar-refractivity contribution in [1.82, 2.24) is 25.2 Å². The summed E-state index contributed by atoms with van der Waals surface area (Å²) in [7, 11) is 0. The number of hydrogen-bond acceptors (Lipinski definition) is 3. The normalized spacial score (nSPS) is 15.8. The van der Waals surface area contributed by atoms with Gasteiger partial charge in [-0.1, -0.05) is 24.3 Å². The number of urea groups is 1. The van der Waals surface area contributed by atoms with Crippen molar-refractivity contribution in [3.05, 3.63) is 65.1 Å². The molecular weight excluding hydrogens is 338 g/mol. The maximum absolute atomic E-state index is 12.5. The Morgan fingerprint density at radius 3 is 2.63 bits per heavy atom. The number of rotatable bonds is 4. The van der Waals surface area contributed by atoms with Gasteiger partial charge in [-0.2, -0.15) is 0 Å². The van der Waals surface area contributed by atoms with Gasteiger partial charge in [0.15, 0.2) is 11.5 Å². The smallest absolute Gasteiger partial charge is 0.315 e. The highest BCUT2D eigenvalue weighted by atomic mass is 16.2. The third-order valence-electron chi connectivity index (χ3n) is 5.30.